The number of sulfonamides is 1. The van der Waals surface area contributed by atoms with Gasteiger partial charge in [-0.3, -0.25) is 5.43 Å². The summed E-state index contributed by atoms with van der Waals surface area (Å²) in [5.74, 6) is 5.67. The number of aromatic nitrogens is 2. The Kier molecular flexibility index (Phi) is 4.86. The molecule has 20 heavy (non-hydrogen) atoms. The maximum Gasteiger partial charge on any atom is 0.243 e. The van der Waals surface area contributed by atoms with Crippen LogP contribution in [-0.2, 0) is 10.0 Å². The molecular formula is C11H20N6O2S. The maximum absolute atomic E-state index is 12.1. The second kappa shape index (κ2) is 6.44. The third kappa shape index (κ3) is 3.63. The van der Waals surface area contributed by atoms with Crippen molar-refractivity contribution in [2.75, 3.05) is 31.6 Å². The van der Waals surface area contributed by atoms with Crippen molar-refractivity contribution in [3.05, 3.63) is 12.4 Å². The largest absolute Gasteiger partial charge is 0.303 e. The Balaban J connectivity index is 1.93. The van der Waals surface area contributed by atoms with Gasteiger partial charge in [0.15, 0.2) is 0 Å². The highest BCUT2D eigenvalue weighted by atomic mass is 32.2. The van der Waals surface area contributed by atoms with Crippen LogP contribution in [0.5, 0.6) is 0 Å². The standard InChI is InChI=1S/C11H20N6O2S/c1-2-17-4-3-9(8-17)5-15-20(18,19)10-6-13-11(16-12)14-7-10/h6-7,9,15H,2-5,8,12H2,1H3,(H,13,14,16). The van der Waals surface area contributed by atoms with E-state index in [-0.39, 0.29) is 10.8 Å². The average molecular weight is 300 g/mol. The van der Waals surface area contributed by atoms with E-state index in [1.165, 1.54) is 12.4 Å². The highest BCUT2D eigenvalue weighted by Crippen LogP contribution is 2.15. The van der Waals surface area contributed by atoms with Crippen LogP contribution in [0, 0.1) is 5.92 Å². The molecule has 1 aromatic rings. The average Bonchev–Trinajstić information content (AvgIpc) is 2.93. The van der Waals surface area contributed by atoms with Crippen molar-refractivity contribution in [2.45, 2.75) is 18.2 Å². The molecule has 9 heteroatoms. The van der Waals surface area contributed by atoms with Crippen LogP contribution in [0.4, 0.5) is 5.95 Å². The van der Waals surface area contributed by atoms with Crippen molar-refractivity contribution >= 4 is 16.0 Å². The third-order valence-electron chi connectivity index (χ3n) is 3.45. The lowest BCUT2D eigenvalue weighted by Gasteiger charge is -2.13. The minimum Gasteiger partial charge on any atom is -0.303 e. The number of hydrazine groups is 1. The van der Waals surface area contributed by atoms with Crippen LogP contribution in [-0.4, -0.2) is 49.5 Å². The Hall–Kier alpha value is -1.29. The molecule has 0 aliphatic carbocycles. The number of nitrogen functional groups attached to an aromatic ring is 1. The fraction of sp³-hybridized carbons (Fsp3) is 0.636. The minimum absolute atomic E-state index is 0.0434. The lowest BCUT2D eigenvalue weighted by atomic mass is 10.1. The van der Waals surface area contributed by atoms with E-state index >= 15 is 0 Å². The van der Waals surface area contributed by atoms with Gasteiger partial charge in [0.1, 0.15) is 4.90 Å². The Morgan fingerprint density at radius 2 is 2.15 bits per heavy atom. The van der Waals surface area contributed by atoms with E-state index in [0.717, 1.165) is 26.1 Å². The van der Waals surface area contributed by atoms with Crippen molar-refractivity contribution in [3.8, 4) is 0 Å². The van der Waals surface area contributed by atoms with Gasteiger partial charge in [0.05, 0.1) is 12.4 Å². The Bertz CT molecular complexity index is 532. The van der Waals surface area contributed by atoms with Gasteiger partial charge in [-0.1, -0.05) is 6.92 Å². The van der Waals surface area contributed by atoms with Crippen LogP contribution in [0.1, 0.15) is 13.3 Å². The van der Waals surface area contributed by atoms with Gasteiger partial charge in [0, 0.05) is 13.1 Å². The summed E-state index contributed by atoms with van der Waals surface area (Å²) in [6.07, 6.45) is 3.48. The second-order valence-corrected chi connectivity index (χ2v) is 6.55. The lowest BCUT2D eigenvalue weighted by Crippen LogP contribution is -2.31. The van der Waals surface area contributed by atoms with E-state index in [0.29, 0.717) is 12.5 Å². The van der Waals surface area contributed by atoms with Crippen molar-refractivity contribution in [3.63, 3.8) is 0 Å². The highest BCUT2D eigenvalue weighted by molar-refractivity contribution is 7.89. The molecule has 1 saturated heterocycles. The van der Waals surface area contributed by atoms with Crippen molar-refractivity contribution in [2.24, 2.45) is 11.8 Å². The summed E-state index contributed by atoms with van der Waals surface area (Å²) in [6.45, 7) is 5.52. The first kappa shape index (κ1) is 15.1. The second-order valence-electron chi connectivity index (χ2n) is 4.79. The quantitative estimate of drug-likeness (QED) is 0.474. The van der Waals surface area contributed by atoms with Crippen LogP contribution >= 0.6 is 0 Å². The SMILES string of the molecule is CCN1CCC(CNS(=O)(=O)c2cnc(NN)nc2)C1. The lowest BCUT2D eigenvalue weighted by molar-refractivity contribution is 0.342. The summed E-state index contributed by atoms with van der Waals surface area (Å²) in [6, 6.07) is 0. The molecule has 112 valence electrons. The molecule has 0 aromatic carbocycles. The first-order chi connectivity index (χ1) is 9.55. The fourth-order valence-corrected chi connectivity index (χ4v) is 3.21. The van der Waals surface area contributed by atoms with Crippen LogP contribution in [0.3, 0.4) is 0 Å². The molecule has 0 saturated carbocycles. The predicted molar refractivity (Wildman–Crippen MR) is 75.3 cm³/mol. The van der Waals surface area contributed by atoms with Gasteiger partial charge in [-0.15, -0.1) is 0 Å². The number of nitrogens with two attached hydrogens (primary N) is 1. The smallest absolute Gasteiger partial charge is 0.243 e. The zero-order chi connectivity index (χ0) is 14.6. The summed E-state index contributed by atoms with van der Waals surface area (Å²) in [5, 5.41) is 0. The molecule has 1 unspecified atom stereocenters. The van der Waals surface area contributed by atoms with Gasteiger partial charge in [-0.2, -0.15) is 0 Å². The van der Waals surface area contributed by atoms with Crippen LogP contribution in [0.25, 0.3) is 0 Å². The summed E-state index contributed by atoms with van der Waals surface area (Å²) < 4.78 is 26.8. The Labute approximate surface area is 118 Å². The number of anilines is 1. The topological polar surface area (TPSA) is 113 Å². The summed E-state index contributed by atoms with van der Waals surface area (Å²) in [7, 11) is -3.56. The number of hydrogen-bond donors (Lipinski definition) is 3. The fourth-order valence-electron chi connectivity index (χ4n) is 2.21. The highest BCUT2D eigenvalue weighted by Gasteiger charge is 2.23. The van der Waals surface area contributed by atoms with E-state index in [9.17, 15) is 8.42 Å². The zero-order valence-electron chi connectivity index (χ0n) is 11.4. The third-order valence-corrected chi connectivity index (χ3v) is 4.82. The molecule has 0 bridgehead atoms. The summed E-state index contributed by atoms with van der Waals surface area (Å²) in [5.41, 5.74) is 2.25. The number of rotatable bonds is 6. The molecule has 0 spiro atoms. The van der Waals surface area contributed by atoms with Crippen LogP contribution < -0.4 is 16.0 Å². The first-order valence-electron chi connectivity index (χ1n) is 6.56. The molecule has 1 atom stereocenters. The first-order valence-corrected chi connectivity index (χ1v) is 8.04. The van der Waals surface area contributed by atoms with E-state index in [1.807, 2.05) is 0 Å². The maximum atomic E-state index is 12.1. The molecule has 1 aliphatic rings. The van der Waals surface area contributed by atoms with Crippen molar-refractivity contribution < 1.29 is 8.42 Å². The summed E-state index contributed by atoms with van der Waals surface area (Å²) in [4.78, 5) is 9.94. The number of likely N-dealkylation sites (tertiary alicyclic amines) is 1. The summed E-state index contributed by atoms with van der Waals surface area (Å²) >= 11 is 0. The monoisotopic (exact) mass is 300 g/mol. The molecule has 0 radical (unpaired) electrons. The van der Waals surface area contributed by atoms with E-state index < -0.39 is 10.0 Å². The van der Waals surface area contributed by atoms with Gasteiger partial charge in [-0.05, 0) is 25.4 Å². The number of nitrogens with zero attached hydrogens (tertiary/aromatic N) is 3. The Morgan fingerprint density at radius 3 is 2.70 bits per heavy atom. The molecule has 1 fully saturated rings. The molecule has 0 amide bonds. The Morgan fingerprint density at radius 1 is 1.45 bits per heavy atom. The molecule has 1 aromatic heterocycles. The number of hydrogen-bond acceptors (Lipinski definition) is 7. The molecule has 2 heterocycles. The van der Waals surface area contributed by atoms with Gasteiger partial charge in [0.2, 0.25) is 16.0 Å². The zero-order valence-corrected chi connectivity index (χ0v) is 12.2. The normalized spacial score (nSPS) is 20.2. The molecule has 4 N–H and O–H groups in total. The van der Waals surface area contributed by atoms with Crippen molar-refractivity contribution in [1.82, 2.24) is 19.6 Å². The minimum atomic E-state index is -3.56. The van der Waals surface area contributed by atoms with Gasteiger partial charge in [-0.25, -0.2) is 29.0 Å². The predicted octanol–water partition coefficient (Wildman–Crippen LogP) is -0.618. The van der Waals surface area contributed by atoms with Gasteiger partial charge >= 0.3 is 0 Å². The van der Waals surface area contributed by atoms with Crippen LogP contribution in [0.2, 0.25) is 0 Å². The molecular weight excluding hydrogens is 280 g/mol. The van der Waals surface area contributed by atoms with Crippen LogP contribution in [0.15, 0.2) is 17.3 Å². The number of nitrogens with one attached hydrogen (secondary N) is 2. The van der Waals surface area contributed by atoms with E-state index in [2.05, 4.69) is 31.9 Å². The van der Waals surface area contributed by atoms with E-state index in [4.69, 9.17) is 5.84 Å². The molecule has 1 aliphatic heterocycles. The van der Waals surface area contributed by atoms with Crippen molar-refractivity contribution in [1.29, 1.82) is 0 Å². The van der Waals surface area contributed by atoms with Gasteiger partial charge < -0.3 is 4.90 Å². The molecule has 8 nitrogen and oxygen atoms in total. The molecule has 2 rings (SSSR count). The van der Waals surface area contributed by atoms with Gasteiger partial charge in [0.25, 0.3) is 0 Å². The van der Waals surface area contributed by atoms with E-state index in [1.54, 1.807) is 0 Å².